The molecule has 1 unspecified atom stereocenters. The van der Waals surface area contributed by atoms with Crippen molar-refractivity contribution in [3.05, 3.63) is 36.9 Å². The lowest BCUT2D eigenvalue weighted by atomic mass is 9.93. The predicted molar refractivity (Wildman–Crippen MR) is 93.0 cm³/mol. The van der Waals surface area contributed by atoms with E-state index in [1.807, 2.05) is 0 Å². The van der Waals surface area contributed by atoms with Gasteiger partial charge in [0.15, 0.2) is 0 Å². The molecule has 110 valence electrons. The summed E-state index contributed by atoms with van der Waals surface area (Å²) in [6.45, 7) is 9.75. The van der Waals surface area contributed by atoms with E-state index in [0.29, 0.717) is 6.04 Å². The molecule has 0 aliphatic rings. The molecule has 2 nitrogen and oxygen atoms in total. The zero-order chi connectivity index (χ0) is 14.8. The first-order valence-corrected chi connectivity index (χ1v) is 9.38. The van der Waals surface area contributed by atoms with Crippen LogP contribution in [-0.2, 0) is 11.8 Å². The third-order valence-corrected chi connectivity index (χ3v) is 5.97. The topological polar surface area (TPSA) is 24.9 Å². The fraction of sp³-hybridized carbons (Fsp3) is 0.533. The Hall–Kier alpha value is -0.230. The minimum atomic E-state index is 0.131. The molecule has 0 amide bonds. The van der Waals surface area contributed by atoms with Gasteiger partial charge in [0.1, 0.15) is 0 Å². The monoisotopic (exact) mass is 372 g/mol. The third kappa shape index (κ3) is 3.91. The first kappa shape index (κ1) is 16.1. The van der Waals surface area contributed by atoms with Crippen LogP contribution in [0.3, 0.4) is 0 Å². The van der Waals surface area contributed by atoms with Crippen molar-refractivity contribution in [3.8, 4) is 0 Å². The van der Waals surface area contributed by atoms with Crippen LogP contribution in [0.5, 0.6) is 0 Å². The van der Waals surface area contributed by atoms with E-state index in [-0.39, 0.29) is 5.41 Å². The number of nitrogens with zero attached hydrogens (tertiary/aromatic N) is 1. The SMILES string of the molecule is CCNC(Cc1nc(C(C)(C)C)cs1)c1sccc1Br. The first-order valence-electron chi connectivity index (χ1n) is 6.83. The smallest absolute Gasteiger partial charge is 0.0947 e. The fourth-order valence-electron chi connectivity index (χ4n) is 1.98. The molecule has 2 heterocycles. The Morgan fingerprint density at radius 3 is 2.60 bits per heavy atom. The highest BCUT2D eigenvalue weighted by molar-refractivity contribution is 9.10. The number of likely N-dealkylation sites (N-methyl/N-ethyl adjacent to an activating group) is 1. The van der Waals surface area contributed by atoms with Crippen LogP contribution in [0.2, 0.25) is 0 Å². The summed E-state index contributed by atoms with van der Waals surface area (Å²) in [5.41, 5.74) is 1.32. The molecule has 0 aromatic carbocycles. The van der Waals surface area contributed by atoms with Crippen molar-refractivity contribution in [1.29, 1.82) is 0 Å². The number of rotatable bonds is 5. The van der Waals surface area contributed by atoms with Gasteiger partial charge in [-0.3, -0.25) is 0 Å². The first-order chi connectivity index (χ1) is 9.41. The lowest BCUT2D eigenvalue weighted by Gasteiger charge is -2.17. The number of aromatic nitrogens is 1. The molecule has 2 rings (SSSR count). The van der Waals surface area contributed by atoms with Gasteiger partial charge in [-0.05, 0) is 33.9 Å². The average molecular weight is 373 g/mol. The molecule has 5 heteroatoms. The summed E-state index contributed by atoms with van der Waals surface area (Å²) in [6.07, 6.45) is 0.952. The van der Waals surface area contributed by atoms with E-state index in [0.717, 1.165) is 13.0 Å². The molecule has 0 radical (unpaired) electrons. The minimum Gasteiger partial charge on any atom is -0.309 e. The maximum atomic E-state index is 4.81. The van der Waals surface area contributed by atoms with Crippen molar-refractivity contribution < 1.29 is 0 Å². The Kier molecular flexibility index (Phi) is 5.40. The van der Waals surface area contributed by atoms with Crippen LogP contribution in [0, 0.1) is 0 Å². The van der Waals surface area contributed by atoms with Gasteiger partial charge in [-0.15, -0.1) is 22.7 Å². The molecule has 2 aromatic rings. The Labute approximate surface area is 137 Å². The van der Waals surface area contributed by atoms with Crippen LogP contribution in [0.1, 0.15) is 49.3 Å². The van der Waals surface area contributed by atoms with E-state index >= 15 is 0 Å². The third-order valence-electron chi connectivity index (χ3n) is 3.11. The molecule has 2 aromatic heterocycles. The van der Waals surface area contributed by atoms with Crippen molar-refractivity contribution in [2.45, 2.75) is 45.6 Å². The second-order valence-corrected chi connectivity index (χ2v) is 8.57. The van der Waals surface area contributed by atoms with Crippen molar-refractivity contribution in [2.75, 3.05) is 6.54 Å². The summed E-state index contributed by atoms with van der Waals surface area (Å²) in [6, 6.07) is 2.46. The quantitative estimate of drug-likeness (QED) is 0.783. The number of thiazole rings is 1. The Bertz CT molecular complexity index is 554. The second-order valence-electron chi connectivity index (χ2n) is 5.82. The molecule has 0 aliphatic heterocycles. The minimum absolute atomic E-state index is 0.131. The fourth-order valence-corrected chi connectivity index (χ4v) is 4.78. The summed E-state index contributed by atoms with van der Waals surface area (Å²) >= 11 is 7.21. The van der Waals surface area contributed by atoms with Gasteiger partial charge in [-0.1, -0.05) is 27.7 Å². The summed E-state index contributed by atoms with van der Waals surface area (Å²) < 4.78 is 1.20. The van der Waals surface area contributed by atoms with Crippen molar-refractivity contribution in [1.82, 2.24) is 10.3 Å². The number of hydrogen-bond donors (Lipinski definition) is 1. The summed E-state index contributed by atoms with van der Waals surface area (Å²) in [4.78, 5) is 6.17. The van der Waals surface area contributed by atoms with Crippen molar-refractivity contribution in [3.63, 3.8) is 0 Å². The van der Waals surface area contributed by atoms with Crippen LogP contribution in [0.4, 0.5) is 0 Å². The van der Waals surface area contributed by atoms with Crippen LogP contribution >= 0.6 is 38.6 Å². The van der Waals surface area contributed by atoms with Crippen molar-refractivity contribution >= 4 is 38.6 Å². The molecular formula is C15H21BrN2S2. The largest absolute Gasteiger partial charge is 0.309 e. The summed E-state index contributed by atoms with van der Waals surface area (Å²) in [7, 11) is 0. The van der Waals surface area contributed by atoms with E-state index in [4.69, 9.17) is 4.98 Å². The number of thiophene rings is 1. The van der Waals surface area contributed by atoms with Gasteiger partial charge < -0.3 is 5.32 Å². The van der Waals surface area contributed by atoms with Gasteiger partial charge in [-0.2, -0.15) is 0 Å². The molecule has 0 bridgehead atoms. The highest BCUT2D eigenvalue weighted by atomic mass is 79.9. The Morgan fingerprint density at radius 1 is 1.35 bits per heavy atom. The van der Waals surface area contributed by atoms with Gasteiger partial charge in [0.05, 0.1) is 10.7 Å². The maximum Gasteiger partial charge on any atom is 0.0947 e. The van der Waals surface area contributed by atoms with Gasteiger partial charge in [0.2, 0.25) is 0 Å². The summed E-state index contributed by atoms with van der Waals surface area (Å²) in [5, 5.41) is 9.11. The molecular weight excluding hydrogens is 352 g/mol. The zero-order valence-corrected chi connectivity index (χ0v) is 15.6. The standard InChI is InChI=1S/C15H21BrN2S2/c1-5-17-11(14-10(16)6-7-19-14)8-13-18-12(9-20-13)15(2,3)4/h6-7,9,11,17H,5,8H2,1-4H3. The highest BCUT2D eigenvalue weighted by Crippen LogP contribution is 2.32. The molecule has 0 fully saturated rings. The summed E-state index contributed by atoms with van der Waals surface area (Å²) in [5.74, 6) is 0. The van der Waals surface area contributed by atoms with Gasteiger partial charge >= 0.3 is 0 Å². The molecule has 0 saturated heterocycles. The molecule has 1 atom stereocenters. The lowest BCUT2D eigenvalue weighted by molar-refractivity contribution is 0.544. The zero-order valence-electron chi connectivity index (χ0n) is 12.4. The van der Waals surface area contributed by atoms with Gasteiger partial charge in [-0.25, -0.2) is 4.98 Å². The van der Waals surface area contributed by atoms with E-state index in [2.05, 4.69) is 65.8 Å². The second kappa shape index (κ2) is 6.69. The molecule has 0 spiro atoms. The van der Waals surface area contributed by atoms with Crippen LogP contribution in [-0.4, -0.2) is 11.5 Å². The van der Waals surface area contributed by atoms with Crippen LogP contribution in [0.25, 0.3) is 0 Å². The molecule has 0 saturated carbocycles. The Balaban J connectivity index is 2.17. The average Bonchev–Trinajstić information content (AvgIpc) is 2.96. The van der Waals surface area contributed by atoms with Gasteiger partial charge in [0, 0.05) is 32.6 Å². The number of nitrogens with one attached hydrogen (secondary N) is 1. The highest BCUT2D eigenvalue weighted by Gasteiger charge is 2.21. The van der Waals surface area contributed by atoms with E-state index in [1.54, 1.807) is 22.7 Å². The van der Waals surface area contributed by atoms with E-state index in [9.17, 15) is 0 Å². The lowest BCUT2D eigenvalue weighted by Crippen LogP contribution is -2.22. The maximum absolute atomic E-state index is 4.81. The Morgan fingerprint density at radius 2 is 2.10 bits per heavy atom. The normalized spacial score (nSPS) is 13.7. The number of halogens is 1. The predicted octanol–water partition coefficient (Wildman–Crippen LogP) is 5.16. The van der Waals surface area contributed by atoms with Crippen LogP contribution < -0.4 is 5.32 Å². The van der Waals surface area contributed by atoms with Gasteiger partial charge in [0.25, 0.3) is 0 Å². The molecule has 1 N–H and O–H groups in total. The van der Waals surface area contributed by atoms with Crippen LogP contribution in [0.15, 0.2) is 21.3 Å². The van der Waals surface area contributed by atoms with E-state index < -0.39 is 0 Å². The molecule has 20 heavy (non-hydrogen) atoms. The molecule has 0 aliphatic carbocycles. The van der Waals surface area contributed by atoms with E-state index in [1.165, 1.54) is 20.1 Å². The number of hydrogen-bond acceptors (Lipinski definition) is 4. The van der Waals surface area contributed by atoms with Crippen molar-refractivity contribution in [2.24, 2.45) is 0 Å².